The van der Waals surface area contributed by atoms with Gasteiger partial charge in [0.1, 0.15) is 11.6 Å². The predicted octanol–water partition coefficient (Wildman–Crippen LogP) is 6.29. The van der Waals surface area contributed by atoms with Gasteiger partial charge in [0.05, 0.1) is 22.6 Å². The van der Waals surface area contributed by atoms with Crippen LogP contribution in [0.3, 0.4) is 0 Å². The highest BCUT2D eigenvalue weighted by molar-refractivity contribution is 6.01. The molecular formula is C28H29N7O. The Labute approximate surface area is 209 Å². The summed E-state index contributed by atoms with van der Waals surface area (Å²) in [4.78, 5) is 8.61. The molecule has 0 spiro atoms. The van der Waals surface area contributed by atoms with Gasteiger partial charge in [-0.3, -0.25) is 4.68 Å². The van der Waals surface area contributed by atoms with E-state index in [2.05, 4.69) is 55.3 Å². The predicted molar refractivity (Wildman–Crippen MR) is 143 cm³/mol. The normalized spacial score (nSPS) is 13.6. The van der Waals surface area contributed by atoms with Crippen molar-refractivity contribution >= 4 is 28.1 Å². The highest BCUT2D eigenvalue weighted by atomic mass is 16.5. The standard InChI is InChI=1S/C28H29N7O/c1-17-13-14-30-28(31-17)36-22-11-12-23-24(16-22)35(21-5-4-6-21)27(26(23)29)19-7-9-20(10-8-19)32-25-15-18(2)33-34(25)3/h7-16,21,32H,4-6,29H2,1-3H3. The monoisotopic (exact) mass is 479 g/mol. The molecule has 0 radical (unpaired) electrons. The van der Waals surface area contributed by atoms with Crippen molar-refractivity contribution in [1.82, 2.24) is 24.3 Å². The fourth-order valence-electron chi connectivity index (χ4n) is 4.87. The lowest BCUT2D eigenvalue weighted by atomic mass is 9.92. The molecule has 8 nitrogen and oxygen atoms in total. The van der Waals surface area contributed by atoms with Gasteiger partial charge in [0.15, 0.2) is 0 Å². The van der Waals surface area contributed by atoms with Gasteiger partial charge in [-0.25, -0.2) is 9.97 Å². The van der Waals surface area contributed by atoms with Gasteiger partial charge in [0.25, 0.3) is 0 Å². The minimum atomic E-state index is 0.344. The summed E-state index contributed by atoms with van der Waals surface area (Å²) < 4.78 is 10.2. The minimum absolute atomic E-state index is 0.344. The second-order valence-corrected chi connectivity index (χ2v) is 9.48. The molecule has 8 heteroatoms. The Bertz CT molecular complexity index is 1560. The summed E-state index contributed by atoms with van der Waals surface area (Å²) in [6, 6.07) is 19.1. The highest BCUT2D eigenvalue weighted by Gasteiger charge is 2.27. The maximum Gasteiger partial charge on any atom is 0.322 e. The summed E-state index contributed by atoms with van der Waals surface area (Å²) in [5.74, 6) is 1.65. The molecule has 3 heterocycles. The van der Waals surface area contributed by atoms with Crippen LogP contribution >= 0.6 is 0 Å². The van der Waals surface area contributed by atoms with Gasteiger partial charge in [-0.2, -0.15) is 5.10 Å². The lowest BCUT2D eigenvalue weighted by molar-refractivity contribution is 0.324. The molecule has 1 fully saturated rings. The summed E-state index contributed by atoms with van der Waals surface area (Å²) in [6.45, 7) is 3.91. The third-order valence-electron chi connectivity index (χ3n) is 6.87. The first-order chi connectivity index (χ1) is 17.5. The van der Waals surface area contributed by atoms with E-state index in [-0.39, 0.29) is 0 Å². The Hall–Kier alpha value is -4.33. The number of fused-ring (bicyclic) bond motifs is 1. The van der Waals surface area contributed by atoms with Crippen molar-refractivity contribution in [3.8, 4) is 23.0 Å². The average Bonchev–Trinajstić information content (AvgIpc) is 3.28. The molecule has 5 aromatic rings. The summed E-state index contributed by atoms with van der Waals surface area (Å²) in [5, 5.41) is 8.88. The maximum absolute atomic E-state index is 6.78. The molecule has 0 saturated heterocycles. The number of nitrogens with zero attached hydrogens (tertiary/aromatic N) is 5. The molecule has 182 valence electrons. The lowest BCUT2D eigenvalue weighted by Gasteiger charge is -2.30. The lowest BCUT2D eigenvalue weighted by Crippen LogP contribution is -2.17. The number of hydrogen-bond donors (Lipinski definition) is 2. The summed E-state index contributed by atoms with van der Waals surface area (Å²) in [5.41, 5.74) is 13.6. The van der Waals surface area contributed by atoms with E-state index in [1.807, 2.05) is 49.8 Å². The van der Waals surface area contributed by atoms with Crippen molar-refractivity contribution in [1.29, 1.82) is 0 Å². The second-order valence-electron chi connectivity index (χ2n) is 9.48. The Kier molecular flexibility index (Phi) is 5.36. The van der Waals surface area contributed by atoms with E-state index < -0.39 is 0 Å². The number of aromatic nitrogens is 5. The molecule has 2 aromatic carbocycles. The van der Waals surface area contributed by atoms with Crippen LogP contribution < -0.4 is 15.8 Å². The van der Waals surface area contributed by atoms with Crippen LogP contribution in [0, 0.1) is 13.8 Å². The smallest absolute Gasteiger partial charge is 0.322 e. The van der Waals surface area contributed by atoms with E-state index in [4.69, 9.17) is 10.5 Å². The van der Waals surface area contributed by atoms with Gasteiger partial charge in [-0.05, 0) is 63.4 Å². The fraction of sp³-hybridized carbons (Fsp3) is 0.250. The van der Waals surface area contributed by atoms with E-state index in [9.17, 15) is 0 Å². The second kappa shape index (κ2) is 8.71. The van der Waals surface area contributed by atoms with Crippen LogP contribution in [0.1, 0.15) is 36.7 Å². The van der Waals surface area contributed by atoms with E-state index >= 15 is 0 Å². The Morgan fingerprint density at radius 3 is 2.47 bits per heavy atom. The minimum Gasteiger partial charge on any atom is -0.424 e. The molecular weight excluding hydrogens is 450 g/mol. The molecule has 1 saturated carbocycles. The Morgan fingerprint density at radius 1 is 1.00 bits per heavy atom. The van der Waals surface area contributed by atoms with Gasteiger partial charge in [0.2, 0.25) is 0 Å². The van der Waals surface area contributed by atoms with Crippen LogP contribution in [0.2, 0.25) is 0 Å². The summed E-state index contributed by atoms with van der Waals surface area (Å²) >= 11 is 0. The number of nitrogens with two attached hydrogens (primary N) is 1. The average molecular weight is 480 g/mol. The zero-order chi connectivity index (χ0) is 24.8. The Morgan fingerprint density at radius 2 is 1.81 bits per heavy atom. The number of hydrogen-bond acceptors (Lipinski definition) is 6. The van der Waals surface area contributed by atoms with Gasteiger partial charge in [-0.15, -0.1) is 0 Å². The molecule has 3 N–H and O–H groups in total. The Balaban J connectivity index is 1.38. The van der Waals surface area contributed by atoms with Gasteiger partial charge < -0.3 is 20.4 Å². The van der Waals surface area contributed by atoms with E-state index in [0.29, 0.717) is 17.8 Å². The van der Waals surface area contributed by atoms with Crippen molar-refractivity contribution in [3.63, 3.8) is 0 Å². The molecule has 0 aliphatic heterocycles. The number of benzene rings is 2. The van der Waals surface area contributed by atoms with Gasteiger partial charge >= 0.3 is 6.01 Å². The molecule has 0 amide bonds. The molecule has 3 aromatic heterocycles. The van der Waals surface area contributed by atoms with Crippen LogP contribution in [-0.2, 0) is 7.05 Å². The van der Waals surface area contributed by atoms with Crippen LogP contribution in [0.4, 0.5) is 17.2 Å². The van der Waals surface area contributed by atoms with Crippen LogP contribution in [-0.4, -0.2) is 24.3 Å². The van der Waals surface area contributed by atoms with Gasteiger partial charge in [-0.1, -0.05) is 12.1 Å². The van der Waals surface area contributed by atoms with Crippen molar-refractivity contribution in [2.24, 2.45) is 7.05 Å². The highest BCUT2D eigenvalue weighted by Crippen LogP contribution is 2.45. The third-order valence-corrected chi connectivity index (χ3v) is 6.87. The SMILES string of the molecule is Cc1ccnc(Oc2ccc3c(N)c(-c4ccc(Nc5cc(C)nn5C)cc4)n(C4CCC4)c3c2)n1. The third kappa shape index (κ3) is 3.94. The molecule has 36 heavy (non-hydrogen) atoms. The van der Waals surface area contributed by atoms with Crippen LogP contribution in [0.5, 0.6) is 11.8 Å². The topological polar surface area (TPSA) is 95.8 Å². The number of nitrogens with one attached hydrogen (secondary N) is 1. The fourth-order valence-corrected chi connectivity index (χ4v) is 4.87. The molecule has 6 rings (SSSR count). The van der Waals surface area contributed by atoms with E-state index in [0.717, 1.165) is 63.6 Å². The quantitative estimate of drug-likeness (QED) is 0.297. The first-order valence-electron chi connectivity index (χ1n) is 12.3. The number of anilines is 3. The molecule has 0 atom stereocenters. The van der Waals surface area contributed by atoms with Gasteiger partial charge in [0, 0.05) is 53.8 Å². The van der Waals surface area contributed by atoms with Crippen LogP contribution in [0.25, 0.3) is 22.2 Å². The number of nitrogen functional groups attached to an aromatic ring is 1. The first-order valence-corrected chi connectivity index (χ1v) is 12.3. The molecule has 1 aliphatic rings. The number of aryl methyl sites for hydroxylation is 3. The summed E-state index contributed by atoms with van der Waals surface area (Å²) in [6.07, 6.45) is 5.21. The van der Waals surface area contributed by atoms with Crippen molar-refractivity contribution in [2.45, 2.75) is 39.2 Å². The molecule has 0 bridgehead atoms. The van der Waals surface area contributed by atoms with E-state index in [1.54, 1.807) is 6.20 Å². The van der Waals surface area contributed by atoms with E-state index in [1.165, 1.54) is 6.42 Å². The summed E-state index contributed by atoms with van der Waals surface area (Å²) in [7, 11) is 1.94. The van der Waals surface area contributed by atoms with Crippen molar-refractivity contribution < 1.29 is 4.74 Å². The molecule has 1 aliphatic carbocycles. The zero-order valence-corrected chi connectivity index (χ0v) is 20.7. The zero-order valence-electron chi connectivity index (χ0n) is 20.7. The maximum atomic E-state index is 6.78. The first kappa shape index (κ1) is 22.2. The molecule has 0 unspecified atom stereocenters. The number of rotatable bonds is 6. The number of ether oxygens (including phenoxy) is 1. The van der Waals surface area contributed by atoms with Crippen molar-refractivity contribution in [2.75, 3.05) is 11.1 Å². The van der Waals surface area contributed by atoms with Crippen LogP contribution in [0.15, 0.2) is 60.8 Å². The van der Waals surface area contributed by atoms with Crippen molar-refractivity contribution in [3.05, 3.63) is 72.2 Å². The largest absolute Gasteiger partial charge is 0.424 e.